The van der Waals surface area contributed by atoms with Gasteiger partial charge in [-0.05, 0) is 55.5 Å². The zero-order valence-electron chi connectivity index (χ0n) is 14.9. The minimum atomic E-state index is -3.49. The number of sulfonamides is 1. The topological polar surface area (TPSA) is 61.4 Å². The average Bonchev–Trinajstić information content (AvgIpc) is 2.60. The van der Waals surface area contributed by atoms with Crippen molar-refractivity contribution in [3.63, 3.8) is 0 Å². The summed E-state index contributed by atoms with van der Waals surface area (Å²) in [5.41, 5.74) is 1.68. The van der Waals surface area contributed by atoms with Gasteiger partial charge in [0.05, 0.1) is 4.90 Å². The molecule has 140 valence electrons. The van der Waals surface area contributed by atoms with Crippen LogP contribution in [-0.4, -0.2) is 30.9 Å². The highest BCUT2D eigenvalue weighted by molar-refractivity contribution is 7.89. The van der Waals surface area contributed by atoms with Crippen LogP contribution in [0, 0.1) is 12.7 Å². The molecule has 0 unspecified atom stereocenters. The molecule has 0 aliphatic heterocycles. The lowest BCUT2D eigenvalue weighted by molar-refractivity contribution is 0.445. The van der Waals surface area contributed by atoms with Crippen molar-refractivity contribution < 1.29 is 12.8 Å². The number of rotatable bonds is 6. The molecule has 0 spiro atoms. The standard InChI is InChI=1S/C18H22FN3O2S2/c1-4-22(5-2)26(23,24)15-11-9-14(10-12-15)20-18(25)21-17-8-6-7-16(19)13(17)3/h6-12H,4-5H2,1-3H3,(H2,20,21,25). The van der Waals surface area contributed by atoms with Crippen LogP contribution in [0.3, 0.4) is 0 Å². The summed E-state index contributed by atoms with van der Waals surface area (Å²) in [6.07, 6.45) is 0. The molecule has 0 radical (unpaired) electrons. The summed E-state index contributed by atoms with van der Waals surface area (Å²) in [6, 6.07) is 11.1. The highest BCUT2D eigenvalue weighted by Crippen LogP contribution is 2.20. The predicted molar refractivity (Wildman–Crippen MR) is 108 cm³/mol. The Kier molecular flexibility index (Phi) is 6.69. The molecule has 8 heteroatoms. The maximum absolute atomic E-state index is 13.6. The van der Waals surface area contributed by atoms with Gasteiger partial charge in [-0.2, -0.15) is 4.31 Å². The molecule has 0 aliphatic rings. The zero-order chi connectivity index (χ0) is 19.3. The summed E-state index contributed by atoms with van der Waals surface area (Å²) < 4.78 is 39.9. The van der Waals surface area contributed by atoms with Gasteiger partial charge in [0.1, 0.15) is 5.82 Å². The van der Waals surface area contributed by atoms with Gasteiger partial charge in [0.25, 0.3) is 0 Å². The molecule has 0 heterocycles. The van der Waals surface area contributed by atoms with E-state index in [-0.39, 0.29) is 15.8 Å². The van der Waals surface area contributed by atoms with E-state index in [0.29, 0.717) is 30.0 Å². The molecule has 26 heavy (non-hydrogen) atoms. The molecular formula is C18H22FN3O2S2. The number of thiocarbonyl (C=S) groups is 1. The number of nitrogens with zero attached hydrogens (tertiary/aromatic N) is 1. The third kappa shape index (κ3) is 4.57. The molecule has 0 aliphatic carbocycles. The fourth-order valence-corrected chi connectivity index (χ4v) is 4.14. The summed E-state index contributed by atoms with van der Waals surface area (Å²) in [5, 5.41) is 6.19. The Labute approximate surface area is 159 Å². The SMILES string of the molecule is CCN(CC)S(=O)(=O)c1ccc(NC(=S)Nc2cccc(F)c2C)cc1. The van der Waals surface area contributed by atoms with Crippen molar-refractivity contribution in [2.75, 3.05) is 23.7 Å². The second-order valence-corrected chi connectivity index (χ2v) is 7.95. The third-order valence-electron chi connectivity index (χ3n) is 3.97. The predicted octanol–water partition coefficient (Wildman–Crippen LogP) is 3.97. The maximum atomic E-state index is 13.6. The molecule has 0 bridgehead atoms. The monoisotopic (exact) mass is 395 g/mol. The quantitative estimate of drug-likeness (QED) is 0.725. The first-order chi connectivity index (χ1) is 12.3. The number of nitrogens with one attached hydrogen (secondary N) is 2. The summed E-state index contributed by atoms with van der Waals surface area (Å²) in [7, 11) is -3.49. The zero-order valence-corrected chi connectivity index (χ0v) is 16.5. The number of benzene rings is 2. The normalized spacial score (nSPS) is 11.4. The smallest absolute Gasteiger partial charge is 0.243 e. The Morgan fingerprint density at radius 2 is 1.69 bits per heavy atom. The van der Waals surface area contributed by atoms with E-state index in [9.17, 15) is 12.8 Å². The van der Waals surface area contributed by atoms with E-state index in [1.807, 2.05) is 0 Å². The van der Waals surface area contributed by atoms with Gasteiger partial charge in [-0.3, -0.25) is 0 Å². The van der Waals surface area contributed by atoms with E-state index in [1.165, 1.54) is 22.5 Å². The van der Waals surface area contributed by atoms with Crippen LogP contribution in [0.4, 0.5) is 15.8 Å². The number of anilines is 2. The van der Waals surface area contributed by atoms with Crippen LogP contribution in [0.15, 0.2) is 47.4 Å². The van der Waals surface area contributed by atoms with Gasteiger partial charge in [-0.15, -0.1) is 0 Å². The maximum Gasteiger partial charge on any atom is 0.243 e. The van der Waals surface area contributed by atoms with Crippen LogP contribution in [0.5, 0.6) is 0 Å². The van der Waals surface area contributed by atoms with Gasteiger partial charge in [0, 0.05) is 30.0 Å². The molecule has 0 saturated carbocycles. The number of hydrogen-bond acceptors (Lipinski definition) is 3. The molecule has 2 N–H and O–H groups in total. The van der Waals surface area contributed by atoms with Gasteiger partial charge in [0.2, 0.25) is 10.0 Å². The molecule has 0 fully saturated rings. The molecule has 0 aromatic heterocycles. The first kappa shape index (κ1) is 20.3. The van der Waals surface area contributed by atoms with Crippen LogP contribution < -0.4 is 10.6 Å². The Balaban J connectivity index is 2.09. The van der Waals surface area contributed by atoms with Gasteiger partial charge >= 0.3 is 0 Å². The summed E-state index contributed by atoms with van der Waals surface area (Å²) in [4.78, 5) is 0.228. The molecule has 5 nitrogen and oxygen atoms in total. The Morgan fingerprint density at radius 1 is 1.08 bits per heavy atom. The van der Waals surface area contributed by atoms with E-state index in [0.717, 1.165) is 0 Å². The van der Waals surface area contributed by atoms with Crippen molar-refractivity contribution in [3.05, 3.63) is 53.8 Å². The van der Waals surface area contributed by atoms with Gasteiger partial charge in [0.15, 0.2) is 5.11 Å². The van der Waals surface area contributed by atoms with E-state index in [2.05, 4.69) is 10.6 Å². The van der Waals surface area contributed by atoms with Crippen LogP contribution >= 0.6 is 12.2 Å². The van der Waals surface area contributed by atoms with Crippen LogP contribution in [-0.2, 0) is 10.0 Å². The third-order valence-corrected chi connectivity index (χ3v) is 6.24. The van der Waals surface area contributed by atoms with E-state index < -0.39 is 10.0 Å². The minimum absolute atomic E-state index is 0.228. The Bertz CT molecular complexity index is 880. The lowest BCUT2D eigenvalue weighted by atomic mass is 10.2. The first-order valence-electron chi connectivity index (χ1n) is 8.23. The largest absolute Gasteiger partial charge is 0.332 e. The van der Waals surface area contributed by atoms with Crippen molar-refractivity contribution in [1.29, 1.82) is 0 Å². The molecular weight excluding hydrogens is 373 g/mol. The number of halogens is 1. The summed E-state index contributed by atoms with van der Waals surface area (Å²) in [5.74, 6) is -0.316. The lowest BCUT2D eigenvalue weighted by Gasteiger charge is -2.18. The van der Waals surface area contributed by atoms with E-state index in [1.54, 1.807) is 45.0 Å². The minimum Gasteiger partial charge on any atom is -0.332 e. The van der Waals surface area contributed by atoms with Crippen LogP contribution in [0.2, 0.25) is 0 Å². The van der Waals surface area contributed by atoms with Gasteiger partial charge < -0.3 is 10.6 Å². The van der Waals surface area contributed by atoms with Crippen LogP contribution in [0.1, 0.15) is 19.4 Å². The average molecular weight is 396 g/mol. The van der Waals surface area contributed by atoms with E-state index >= 15 is 0 Å². The fourth-order valence-electron chi connectivity index (χ4n) is 2.45. The van der Waals surface area contributed by atoms with Crippen molar-refractivity contribution in [2.24, 2.45) is 0 Å². The van der Waals surface area contributed by atoms with Gasteiger partial charge in [-0.25, -0.2) is 12.8 Å². The van der Waals surface area contributed by atoms with Gasteiger partial charge in [-0.1, -0.05) is 19.9 Å². The first-order valence-corrected chi connectivity index (χ1v) is 10.1. The fraction of sp³-hybridized carbons (Fsp3) is 0.278. The highest BCUT2D eigenvalue weighted by atomic mass is 32.2. The van der Waals surface area contributed by atoms with Crippen molar-refractivity contribution in [2.45, 2.75) is 25.7 Å². The molecule has 2 aromatic rings. The molecule has 2 aromatic carbocycles. The summed E-state index contributed by atoms with van der Waals surface area (Å²) >= 11 is 5.24. The van der Waals surface area contributed by atoms with E-state index in [4.69, 9.17) is 12.2 Å². The number of hydrogen-bond donors (Lipinski definition) is 2. The molecule has 2 rings (SSSR count). The highest BCUT2D eigenvalue weighted by Gasteiger charge is 2.21. The van der Waals surface area contributed by atoms with Crippen molar-refractivity contribution in [3.8, 4) is 0 Å². The summed E-state index contributed by atoms with van der Waals surface area (Å²) in [6.45, 7) is 6.10. The van der Waals surface area contributed by atoms with Crippen molar-refractivity contribution >= 4 is 38.7 Å². The molecule has 0 atom stereocenters. The lowest BCUT2D eigenvalue weighted by Crippen LogP contribution is -2.30. The second kappa shape index (κ2) is 8.57. The Morgan fingerprint density at radius 3 is 2.27 bits per heavy atom. The second-order valence-electron chi connectivity index (χ2n) is 5.61. The molecule has 0 amide bonds. The van der Waals surface area contributed by atoms with Crippen molar-refractivity contribution in [1.82, 2.24) is 4.31 Å². The van der Waals surface area contributed by atoms with Crippen LogP contribution in [0.25, 0.3) is 0 Å². The molecule has 0 saturated heterocycles. The Hall–Kier alpha value is -2.03.